The molecule has 0 unspecified atom stereocenters. The van der Waals surface area contributed by atoms with E-state index < -0.39 is 15.8 Å². The summed E-state index contributed by atoms with van der Waals surface area (Å²) in [5.74, 6) is -0.565. The Hall–Kier alpha value is -1.62. The van der Waals surface area contributed by atoms with Crippen molar-refractivity contribution in [2.75, 3.05) is 4.72 Å². The number of benzene rings is 2. The number of hydrogen-bond donors (Lipinski definition) is 1. The molecule has 2 aromatic rings. The van der Waals surface area contributed by atoms with Gasteiger partial charge in [-0.3, -0.25) is 4.72 Å². The lowest BCUT2D eigenvalue weighted by atomic mass is 10.2. The smallest absolute Gasteiger partial charge is 0.263 e. The zero-order valence-electron chi connectivity index (χ0n) is 10.3. The van der Waals surface area contributed by atoms with Gasteiger partial charge in [0.2, 0.25) is 0 Å². The van der Waals surface area contributed by atoms with Crippen molar-refractivity contribution in [3.8, 4) is 6.07 Å². The summed E-state index contributed by atoms with van der Waals surface area (Å²) in [7, 11) is -3.97. The summed E-state index contributed by atoms with van der Waals surface area (Å²) in [4.78, 5) is -0.137. The highest BCUT2D eigenvalue weighted by molar-refractivity contribution is 9.10. The molecular weight excluding hydrogens is 383 g/mol. The van der Waals surface area contributed by atoms with Gasteiger partial charge >= 0.3 is 0 Å². The molecule has 0 saturated carbocycles. The van der Waals surface area contributed by atoms with Crippen molar-refractivity contribution < 1.29 is 12.8 Å². The van der Waals surface area contributed by atoms with Crippen LogP contribution in [0.3, 0.4) is 0 Å². The predicted octanol–water partition coefficient (Wildman–Crippen LogP) is 3.91. The number of nitriles is 1. The maximum atomic E-state index is 13.0. The molecule has 2 aromatic carbocycles. The Kier molecular flexibility index (Phi) is 4.52. The molecule has 0 heterocycles. The quantitative estimate of drug-likeness (QED) is 0.865. The van der Waals surface area contributed by atoms with E-state index in [0.717, 1.165) is 18.2 Å². The van der Waals surface area contributed by atoms with Gasteiger partial charge in [0.15, 0.2) is 0 Å². The Morgan fingerprint density at radius 2 is 1.95 bits per heavy atom. The first-order chi connectivity index (χ1) is 9.83. The van der Waals surface area contributed by atoms with Crippen LogP contribution >= 0.6 is 27.5 Å². The molecule has 4 nitrogen and oxygen atoms in total. The summed E-state index contributed by atoms with van der Waals surface area (Å²) < 4.78 is 39.9. The zero-order valence-corrected chi connectivity index (χ0v) is 13.4. The van der Waals surface area contributed by atoms with Crippen LogP contribution in [0, 0.1) is 17.1 Å². The Morgan fingerprint density at radius 3 is 2.57 bits per heavy atom. The van der Waals surface area contributed by atoms with Crippen LogP contribution in [0.15, 0.2) is 45.8 Å². The van der Waals surface area contributed by atoms with Gasteiger partial charge < -0.3 is 0 Å². The second-order valence-electron chi connectivity index (χ2n) is 3.99. The molecule has 0 amide bonds. The summed E-state index contributed by atoms with van der Waals surface area (Å²) in [5.41, 5.74) is 0.335. The molecule has 1 N–H and O–H groups in total. The van der Waals surface area contributed by atoms with Gasteiger partial charge in [-0.05, 0) is 52.3 Å². The van der Waals surface area contributed by atoms with Gasteiger partial charge in [-0.15, -0.1) is 0 Å². The molecule has 0 saturated heterocycles. The van der Waals surface area contributed by atoms with Crippen molar-refractivity contribution in [3.63, 3.8) is 0 Å². The van der Waals surface area contributed by atoms with Crippen LogP contribution in [0.1, 0.15) is 5.56 Å². The largest absolute Gasteiger partial charge is 0.278 e. The Balaban J connectivity index is 2.45. The molecular formula is C13H7BrClFN2O2S. The van der Waals surface area contributed by atoms with E-state index in [0.29, 0.717) is 0 Å². The third kappa shape index (κ3) is 3.53. The van der Waals surface area contributed by atoms with Crippen LogP contribution in [0.25, 0.3) is 0 Å². The topological polar surface area (TPSA) is 70.0 Å². The van der Waals surface area contributed by atoms with Crippen LogP contribution in [0.2, 0.25) is 5.02 Å². The number of sulfonamides is 1. The van der Waals surface area contributed by atoms with Crippen molar-refractivity contribution in [3.05, 3.63) is 57.3 Å². The van der Waals surface area contributed by atoms with Crippen LogP contribution < -0.4 is 4.72 Å². The minimum Gasteiger partial charge on any atom is -0.278 e. The molecule has 0 fully saturated rings. The van der Waals surface area contributed by atoms with E-state index in [-0.39, 0.29) is 25.6 Å². The lowest BCUT2D eigenvalue weighted by Crippen LogP contribution is -2.14. The van der Waals surface area contributed by atoms with Crippen LogP contribution in [0.4, 0.5) is 10.1 Å². The molecule has 0 bridgehead atoms. The average molecular weight is 390 g/mol. The lowest BCUT2D eigenvalue weighted by molar-refractivity contribution is 0.599. The molecule has 0 aliphatic carbocycles. The fourth-order valence-electron chi connectivity index (χ4n) is 1.57. The summed E-state index contributed by atoms with van der Waals surface area (Å²) in [6.07, 6.45) is 0. The highest BCUT2D eigenvalue weighted by Crippen LogP contribution is 2.28. The van der Waals surface area contributed by atoms with Crippen LogP contribution in [-0.4, -0.2) is 8.42 Å². The number of nitrogens with zero attached hydrogens (tertiary/aromatic N) is 1. The van der Waals surface area contributed by atoms with E-state index >= 15 is 0 Å². The minimum absolute atomic E-state index is 0.0759. The molecule has 2 rings (SSSR count). The molecule has 0 aromatic heterocycles. The standard InChI is InChI=1S/C13H7BrClFN2O2S/c14-10-6-9(16)2-4-13(10)21(19,20)18-12-5-8(7-17)1-3-11(12)15/h1-6,18H. The summed E-state index contributed by atoms with van der Waals surface area (Å²) in [5, 5.41) is 8.97. The molecule has 8 heteroatoms. The molecule has 0 aliphatic heterocycles. The van der Waals surface area contributed by atoms with Crippen molar-refractivity contribution >= 4 is 43.2 Å². The van der Waals surface area contributed by atoms with Gasteiger partial charge in [0.1, 0.15) is 10.7 Å². The van der Waals surface area contributed by atoms with Crippen molar-refractivity contribution in [1.29, 1.82) is 5.26 Å². The van der Waals surface area contributed by atoms with E-state index in [1.54, 1.807) is 0 Å². The zero-order chi connectivity index (χ0) is 15.6. The van der Waals surface area contributed by atoms with E-state index in [9.17, 15) is 12.8 Å². The van der Waals surface area contributed by atoms with Gasteiger partial charge in [-0.1, -0.05) is 11.6 Å². The predicted molar refractivity (Wildman–Crippen MR) is 81.1 cm³/mol. The Morgan fingerprint density at radius 1 is 1.24 bits per heavy atom. The summed E-state index contributed by atoms with van der Waals surface area (Å²) in [6, 6.07) is 9.29. The van der Waals surface area contributed by atoms with Gasteiger partial charge in [-0.25, -0.2) is 12.8 Å². The SMILES string of the molecule is N#Cc1ccc(Cl)c(NS(=O)(=O)c2ccc(F)cc2Br)c1. The van der Waals surface area contributed by atoms with Crippen molar-refractivity contribution in [1.82, 2.24) is 0 Å². The minimum atomic E-state index is -3.97. The first kappa shape index (κ1) is 15.8. The van der Waals surface area contributed by atoms with Gasteiger partial charge in [-0.2, -0.15) is 5.26 Å². The highest BCUT2D eigenvalue weighted by Gasteiger charge is 2.19. The maximum absolute atomic E-state index is 13.0. The van der Waals surface area contributed by atoms with E-state index in [1.165, 1.54) is 18.2 Å². The average Bonchev–Trinajstić information content (AvgIpc) is 2.40. The Bertz CT molecular complexity index is 850. The number of anilines is 1. The van der Waals surface area contributed by atoms with Gasteiger partial charge in [0.25, 0.3) is 10.0 Å². The van der Waals surface area contributed by atoms with Crippen molar-refractivity contribution in [2.24, 2.45) is 0 Å². The van der Waals surface area contributed by atoms with Crippen molar-refractivity contribution in [2.45, 2.75) is 4.90 Å². The summed E-state index contributed by atoms with van der Waals surface area (Å²) in [6.45, 7) is 0. The van der Waals surface area contributed by atoms with Crippen LogP contribution in [0.5, 0.6) is 0 Å². The monoisotopic (exact) mass is 388 g/mol. The number of hydrogen-bond acceptors (Lipinski definition) is 3. The van der Waals surface area contributed by atoms with E-state index in [4.69, 9.17) is 16.9 Å². The van der Waals surface area contributed by atoms with Gasteiger partial charge in [0.05, 0.1) is 22.3 Å². The molecule has 0 spiro atoms. The molecule has 0 atom stereocenters. The highest BCUT2D eigenvalue weighted by atomic mass is 79.9. The number of nitrogens with one attached hydrogen (secondary N) is 1. The normalized spacial score (nSPS) is 11.0. The molecule has 0 radical (unpaired) electrons. The fraction of sp³-hybridized carbons (Fsp3) is 0. The Labute approximate surface area is 134 Å². The van der Waals surface area contributed by atoms with Gasteiger partial charge in [0, 0.05) is 4.47 Å². The second-order valence-corrected chi connectivity index (χ2v) is 6.90. The summed E-state index contributed by atoms with van der Waals surface area (Å²) >= 11 is 8.90. The first-order valence-corrected chi connectivity index (χ1v) is 8.16. The lowest BCUT2D eigenvalue weighted by Gasteiger charge is -2.11. The van der Waals surface area contributed by atoms with Crippen LogP contribution in [-0.2, 0) is 10.0 Å². The van der Waals surface area contributed by atoms with E-state index in [1.807, 2.05) is 6.07 Å². The maximum Gasteiger partial charge on any atom is 0.263 e. The molecule has 108 valence electrons. The fourth-order valence-corrected chi connectivity index (χ4v) is 3.91. The second kappa shape index (κ2) is 6.02. The van der Waals surface area contributed by atoms with E-state index in [2.05, 4.69) is 20.7 Å². The molecule has 0 aliphatic rings. The third-order valence-corrected chi connectivity index (χ3v) is 5.20. The number of rotatable bonds is 3. The molecule has 21 heavy (non-hydrogen) atoms. The number of halogens is 3. The first-order valence-electron chi connectivity index (χ1n) is 5.51. The third-order valence-electron chi connectivity index (χ3n) is 2.52.